The van der Waals surface area contributed by atoms with E-state index in [0.717, 1.165) is 35.1 Å². The molecular weight excluding hydrogens is 516 g/mol. The Hall–Kier alpha value is -3.77. The molecule has 1 fully saturated rings. The largest absolute Gasteiger partial charge is 0.465 e. The Kier molecular flexibility index (Phi) is 8.36. The second-order valence-corrected chi connectivity index (χ2v) is 11.6. The number of fused-ring (bicyclic) bond motifs is 1. The van der Waals surface area contributed by atoms with Crippen LogP contribution in [0.4, 0.5) is 16.4 Å². The zero-order valence-electron chi connectivity index (χ0n) is 22.8. The molecule has 0 bridgehead atoms. The van der Waals surface area contributed by atoms with E-state index in [0.29, 0.717) is 24.1 Å². The Morgan fingerprint density at radius 2 is 1.97 bits per heavy atom. The monoisotopic (exact) mass is 550 g/mol. The van der Waals surface area contributed by atoms with Crippen molar-refractivity contribution >= 4 is 46.3 Å². The van der Waals surface area contributed by atoms with Crippen molar-refractivity contribution in [1.29, 1.82) is 5.26 Å². The standard InChI is InChI=1S/C29H35ClN6O3/c1-19(29(2,3)4)35(28(38)39)17-20-7-12-25-24(16-20)33-27(32-22-10-8-21(30)9-11-22)36(25)18-23-6-5-15-34(23)26(37)13-14-31/h7-12,16,19,23H,5-6,13,15,17-18H2,1-4H3,(H,32,33)(H,38,39)/t19-,23?/m0/s1. The number of imidazole rings is 1. The Morgan fingerprint density at radius 1 is 1.26 bits per heavy atom. The number of nitrogens with one attached hydrogen (secondary N) is 1. The number of carbonyl (C=O) groups is 2. The van der Waals surface area contributed by atoms with Gasteiger partial charge in [-0.2, -0.15) is 5.26 Å². The number of likely N-dealkylation sites (tertiary alicyclic amines) is 1. The first-order valence-electron chi connectivity index (χ1n) is 13.2. The van der Waals surface area contributed by atoms with Crippen LogP contribution >= 0.6 is 11.6 Å². The summed E-state index contributed by atoms with van der Waals surface area (Å²) in [5.41, 5.74) is 3.05. The van der Waals surface area contributed by atoms with E-state index in [4.69, 9.17) is 21.8 Å². The first-order chi connectivity index (χ1) is 18.5. The average Bonchev–Trinajstić information content (AvgIpc) is 3.47. The van der Waals surface area contributed by atoms with Crippen LogP contribution in [0.25, 0.3) is 11.0 Å². The topological polar surface area (TPSA) is 114 Å². The normalized spacial score (nSPS) is 16.2. The summed E-state index contributed by atoms with van der Waals surface area (Å²) in [6.07, 6.45) is 0.632. The van der Waals surface area contributed by atoms with E-state index >= 15 is 0 Å². The molecule has 2 N–H and O–H groups in total. The van der Waals surface area contributed by atoms with Crippen LogP contribution in [0.15, 0.2) is 42.5 Å². The number of amides is 2. The van der Waals surface area contributed by atoms with Gasteiger partial charge >= 0.3 is 6.09 Å². The van der Waals surface area contributed by atoms with Crippen molar-refractivity contribution in [2.24, 2.45) is 5.41 Å². The van der Waals surface area contributed by atoms with Gasteiger partial charge in [-0.15, -0.1) is 0 Å². The smallest absolute Gasteiger partial charge is 0.407 e. The fraction of sp³-hybridized carbons (Fsp3) is 0.448. The fourth-order valence-corrected chi connectivity index (χ4v) is 5.11. The number of carbonyl (C=O) groups excluding carboxylic acids is 1. The number of nitrogens with zero attached hydrogens (tertiary/aromatic N) is 5. The van der Waals surface area contributed by atoms with Crippen LogP contribution in [0.5, 0.6) is 0 Å². The maximum Gasteiger partial charge on any atom is 0.407 e. The van der Waals surface area contributed by atoms with E-state index < -0.39 is 6.09 Å². The molecule has 0 spiro atoms. The third-order valence-corrected chi connectivity index (χ3v) is 7.81. The van der Waals surface area contributed by atoms with Gasteiger partial charge in [-0.1, -0.05) is 38.4 Å². The Bertz CT molecular complexity index is 1390. The van der Waals surface area contributed by atoms with Crippen molar-refractivity contribution in [2.45, 2.75) is 72.1 Å². The highest BCUT2D eigenvalue weighted by Gasteiger charge is 2.31. The van der Waals surface area contributed by atoms with Crippen LogP contribution in [0.1, 0.15) is 52.5 Å². The molecule has 1 aliphatic heterocycles. The Morgan fingerprint density at radius 3 is 2.62 bits per heavy atom. The van der Waals surface area contributed by atoms with Gasteiger partial charge in [0.05, 0.1) is 17.1 Å². The minimum absolute atomic E-state index is 0.0520. The number of hydrogen-bond donors (Lipinski definition) is 2. The second-order valence-electron chi connectivity index (χ2n) is 11.2. The van der Waals surface area contributed by atoms with Gasteiger partial charge in [0.25, 0.3) is 0 Å². The third-order valence-electron chi connectivity index (χ3n) is 7.55. The SMILES string of the molecule is C[C@H](N(Cc1ccc2c(c1)nc(Nc1ccc(Cl)cc1)n2CC1CCCN1C(=O)CC#N)C(=O)O)C(C)(C)C. The molecule has 10 heteroatoms. The molecule has 4 rings (SSSR count). The van der Waals surface area contributed by atoms with Crippen molar-refractivity contribution in [3.05, 3.63) is 53.1 Å². The zero-order chi connectivity index (χ0) is 28.3. The minimum atomic E-state index is -0.962. The van der Waals surface area contributed by atoms with E-state index in [-0.39, 0.29) is 36.4 Å². The van der Waals surface area contributed by atoms with Gasteiger partial charge in [0.1, 0.15) is 6.42 Å². The molecule has 3 aromatic rings. The summed E-state index contributed by atoms with van der Waals surface area (Å²) < 4.78 is 2.06. The van der Waals surface area contributed by atoms with Gasteiger partial charge in [0.2, 0.25) is 11.9 Å². The van der Waals surface area contributed by atoms with Gasteiger partial charge in [0.15, 0.2) is 0 Å². The van der Waals surface area contributed by atoms with Gasteiger partial charge in [-0.25, -0.2) is 9.78 Å². The fourth-order valence-electron chi connectivity index (χ4n) is 4.98. The lowest BCUT2D eigenvalue weighted by atomic mass is 9.87. The van der Waals surface area contributed by atoms with E-state index in [9.17, 15) is 14.7 Å². The van der Waals surface area contributed by atoms with Crippen LogP contribution in [-0.4, -0.2) is 55.1 Å². The quantitative estimate of drug-likeness (QED) is 0.342. The number of rotatable bonds is 8. The number of anilines is 2. The summed E-state index contributed by atoms with van der Waals surface area (Å²) in [4.78, 5) is 32.8. The van der Waals surface area contributed by atoms with Crippen LogP contribution in [0, 0.1) is 16.7 Å². The molecular formula is C29H35ClN6O3. The summed E-state index contributed by atoms with van der Waals surface area (Å²) in [5.74, 6) is 0.461. The Balaban J connectivity index is 1.70. The maximum atomic E-state index is 12.6. The second kappa shape index (κ2) is 11.5. The number of aromatic nitrogens is 2. The molecule has 39 heavy (non-hydrogen) atoms. The molecule has 1 aromatic heterocycles. The molecule has 206 valence electrons. The molecule has 2 heterocycles. The highest BCUT2D eigenvalue weighted by atomic mass is 35.5. The first-order valence-corrected chi connectivity index (χ1v) is 13.5. The van der Waals surface area contributed by atoms with Crippen LogP contribution in [0.3, 0.4) is 0 Å². The lowest BCUT2D eigenvalue weighted by Crippen LogP contribution is -2.44. The predicted octanol–water partition coefficient (Wildman–Crippen LogP) is 6.25. The van der Waals surface area contributed by atoms with E-state index in [2.05, 4.69) is 9.88 Å². The maximum absolute atomic E-state index is 12.6. The summed E-state index contributed by atoms with van der Waals surface area (Å²) in [5, 5.41) is 23.0. The molecule has 1 unspecified atom stereocenters. The number of carboxylic acid groups (broad SMARTS) is 1. The summed E-state index contributed by atoms with van der Waals surface area (Å²) in [7, 11) is 0. The van der Waals surface area contributed by atoms with Crippen molar-refractivity contribution in [3.63, 3.8) is 0 Å². The summed E-state index contributed by atoms with van der Waals surface area (Å²) in [6.45, 7) is 9.42. The van der Waals surface area contributed by atoms with Crippen LogP contribution in [0.2, 0.25) is 5.02 Å². The van der Waals surface area contributed by atoms with Crippen molar-refractivity contribution in [1.82, 2.24) is 19.4 Å². The van der Waals surface area contributed by atoms with Gasteiger partial charge in [-0.05, 0) is 67.1 Å². The predicted molar refractivity (Wildman–Crippen MR) is 152 cm³/mol. The van der Waals surface area contributed by atoms with Crippen LogP contribution in [-0.2, 0) is 17.9 Å². The molecule has 0 radical (unpaired) electrons. The van der Waals surface area contributed by atoms with E-state index in [1.807, 2.05) is 64.1 Å². The number of nitriles is 1. The zero-order valence-corrected chi connectivity index (χ0v) is 23.6. The minimum Gasteiger partial charge on any atom is -0.465 e. The molecule has 0 aliphatic carbocycles. The van der Waals surface area contributed by atoms with Gasteiger partial charge < -0.3 is 24.8 Å². The first kappa shape index (κ1) is 28.2. The van der Waals surface area contributed by atoms with E-state index in [1.54, 1.807) is 17.0 Å². The molecule has 2 atom stereocenters. The summed E-state index contributed by atoms with van der Waals surface area (Å²) >= 11 is 6.07. The molecule has 1 saturated heterocycles. The Labute approximate surface area is 234 Å². The summed E-state index contributed by atoms with van der Waals surface area (Å²) in [6, 6.07) is 14.9. The van der Waals surface area contributed by atoms with E-state index in [1.165, 1.54) is 4.90 Å². The van der Waals surface area contributed by atoms with Gasteiger partial charge in [-0.3, -0.25) is 4.79 Å². The number of hydrogen-bond acceptors (Lipinski definition) is 5. The van der Waals surface area contributed by atoms with Gasteiger partial charge in [0, 0.05) is 42.4 Å². The molecule has 2 aromatic carbocycles. The molecule has 2 amide bonds. The molecule has 1 aliphatic rings. The highest BCUT2D eigenvalue weighted by Crippen LogP contribution is 2.30. The highest BCUT2D eigenvalue weighted by molar-refractivity contribution is 6.30. The average molecular weight is 551 g/mol. The van der Waals surface area contributed by atoms with Crippen LogP contribution < -0.4 is 5.32 Å². The van der Waals surface area contributed by atoms with Crippen molar-refractivity contribution < 1.29 is 14.7 Å². The van der Waals surface area contributed by atoms with Crippen molar-refractivity contribution in [2.75, 3.05) is 11.9 Å². The number of benzene rings is 2. The van der Waals surface area contributed by atoms with Crippen molar-refractivity contribution in [3.8, 4) is 6.07 Å². The lowest BCUT2D eigenvalue weighted by Gasteiger charge is -2.36. The number of halogens is 1. The molecule has 9 nitrogen and oxygen atoms in total. The lowest BCUT2D eigenvalue weighted by molar-refractivity contribution is -0.131. The third kappa shape index (κ3) is 6.45. The molecule has 0 saturated carbocycles.